The molecule has 1 aliphatic heterocycles. The molecule has 6 nitrogen and oxygen atoms in total. The standard InChI is InChI=1S/C16H23N3O3/c1-2-3-9-19-15(21)11-14(18-16(19)22)17-13-6-4-12(5-7-13)8-10-20/h4-7,14,17,20H,2-3,8-11H2,1H3,(H,18,22). The van der Waals surface area contributed by atoms with Crippen molar-refractivity contribution in [1.82, 2.24) is 10.2 Å². The molecule has 0 saturated carbocycles. The van der Waals surface area contributed by atoms with Crippen LogP contribution in [0.2, 0.25) is 0 Å². The van der Waals surface area contributed by atoms with Crippen LogP contribution in [0.5, 0.6) is 0 Å². The van der Waals surface area contributed by atoms with E-state index in [4.69, 9.17) is 5.11 Å². The molecule has 1 aromatic rings. The Hall–Kier alpha value is -2.08. The molecule has 1 fully saturated rings. The number of benzene rings is 1. The molecular formula is C16H23N3O3. The van der Waals surface area contributed by atoms with Gasteiger partial charge < -0.3 is 15.7 Å². The van der Waals surface area contributed by atoms with Crippen molar-refractivity contribution in [3.63, 3.8) is 0 Å². The SMILES string of the molecule is CCCCN1C(=O)CC(Nc2ccc(CCO)cc2)NC1=O. The topological polar surface area (TPSA) is 81.7 Å². The van der Waals surface area contributed by atoms with E-state index in [0.29, 0.717) is 13.0 Å². The average molecular weight is 305 g/mol. The van der Waals surface area contributed by atoms with E-state index in [2.05, 4.69) is 10.6 Å². The summed E-state index contributed by atoms with van der Waals surface area (Å²) in [4.78, 5) is 25.3. The summed E-state index contributed by atoms with van der Waals surface area (Å²) in [7, 11) is 0. The first kappa shape index (κ1) is 16.3. The van der Waals surface area contributed by atoms with E-state index in [1.165, 1.54) is 4.90 Å². The van der Waals surface area contributed by atoms with Crippen LogP contribution in [0.4, 0.5) is 10.5 Å². The molecule has 0 aromatic heterocycles. The van der Waals surface area contributed by atoms with Crippen LogP contribution in [0, 0.1) is 0 Å². The molecule has 120 valence electrons. The molecule has 22 heavy (non-hydrogen) atoms. The highest BCUT2D eigenvalue weighted by Crippen LogP contribution is 2.15. The van der Waals surface area contributed by atoms with Crippen molar-refractivity contribution in [1.29, 1.82) is 0 Å². The lowest BCUT2D eigenvalue weighted by Crippen LogP contribution is -2.57. The van der Waals surface area contributed by atoms with Gasteiger partial charge in [-0.15, -0.1) is 0 Å². The number of aliphatic hydroxyl groups is 1. The highest BCUT2D eigenvalue weighted by Gasteiger charge is 2.31. The molecule has 3 N–H and O–H groups in total. The van der Waals surface area contributed by atoms with Gasteiger partial charge in [-0.2, -0.15) is 0 Å². The smallest absolute Gasteiger partial charge is 0.325 e. The maximum atomic E-state index is 12.0. The van der Waals surface area contributed by atoms with E-state index in [0.717, 1.165) is 24.1 Å². The van der Waals surface area contributed by atoms with Crippen molar-refractivity contribution >= 4 is 17.6 Å². The number of hydrogen-bond acceptors (Lipinski definition) is 4. The van der Waals surface area contributed by atoms with Crippen LogP contribution in [0.25, 0.3) is 0 Å². The van der Waals surface area contributed by atoms with Gasteiger partial charge in [-0.25, -0.2) is 4.79 Å². The summed E-state index contributed by atoms with van der Waals surface area (Å²) in [6.45, 7) is 2.62. The number of unbranched alkanes of at least 4 members (excludes halogenated alkanes) is 1. The first-order valence-corrected chi connectivity index (χ1v) is 7.71. The number of imide groups is 1. The molecule has 0 bridgehead atoms. The second kappa shape index (κ2) is 7.79. The van der Waals surface area contributed by atoms with E-state index in [-0.39, 0.29) is 31.1 Å². The predicted molar refractivity (Wildman–Crippen MR) is 84.4 cm³/mol. The molecule has 1 aliphatic rings. The van der Waals surface area contributed by atoms with Gasteiger partial charge in [0.15, 0.2) is 0 Å². The quantitative estimate of drug-likeness (QED) is 0.716. The maximum absolute atomic E-state index is 12.0. The molecule has 0 aliphatic carbocycles. The Bertz CT molecular complexity index is 498. The Balaban J connectivity index is 1.92. The van der Waals surface area contributed by atoms with Gasteiger partial charge in [0.05, 0.1) is 6.42 Å². The van der Waals surface area contributed by atoms with Gasteiger partial charge in [0.25, 0.3) is 0 Å². The van der Waals surface area contributed by atoms with Crippen molar-refractivity contribution in [3.05, 3.63) is 29.8 Å². The molecule has 1 heterocycles. The summed E-state index contributed by atoms with van der Waals surface area (Å²) >= 11 is 0. The number of aliphatic hydroxyl groups excluding tert-OH is 1. The molecule has 1 aromatic carbocycles. The van der Waals surface area contributed by atoms with E-state index >= 15 is 0 Å². The molecule has 0 radical (unpaired) electrons. The molecular weight excluding hydrogens is 282 g/mol. The zero-order chi connectivity index (χ0) is 15.9. The number of urea groups is 1. The Kier molecular flexibility index (Phi) is 5.77. The Labute approximate surface area is 130 Å². The fraction of sp³-hybridized carbons (Fsp3) is 0.500. The number of rotatable bonds is 7. The number of nitrogens with zero attached hydrogens (tertiary/aromatic N) is 1. The first-order valence-electron chi connectivity index (χ1n) is 7.71. The number of amides is 3. The van der Waals surface area contributed by atoms with Crippen molar-refractivity contribution in [2.45, 2.75) is 38.8 Å². The number of carbonyl (C=O) groups excluding carboxylic acids is 2. The predicted octanol–water partition coefficient (Wildman–Crippen LogP) is 1.70. The van der Waals surface area contributed by atoms with Crippen LogP contribution >= 0.6 is 0 Å². The molecule has 1 unspecified atom stereocenters. The minimum atomic E-state index is -0.387. The van der Waals surface area contributed by atoms with Crippen LogP contribution < -0.4 is 10.6 Å². The van der Waals surface area contributed by atoms with Gasteiger partial charge in [0.2, 0.25) is 5.91 Å². The summed E-state index contributed by atoms with van der Waals surface area (Å²) in [6.07, 6.45) is 2.24. The molecule has 1 saturated heterocycles. The second-order valence-electron chi connectivity index (χ2n) is 5.42. The van der Waals surface area contributed by atoms with Crippen molar-refractivity contribution in [2.75, 3.05) is 18.5 Å². The zero-order valence-corrected chi connectivity index (χ0v) is 12.8. The lowest BCUT2D eigenvalue weighted by atomic mass is 10.1. The van der Waals surface area contributed by atoms with Crippen LogP contribution in [0.1, 0.15) is 31.7 Å². The van der Waals surface area contributed by atoms with Crippen LogP contribution in [-0.4, -0.2) is 41.3 Å². The van der Waals surface area contributed by atoms with E-state index < -0.39 is 0 Å². The summed E-state index contributed by atoms with van der Waals surface area (Å²) in [5, 5.41) is 14.8. The van der Waals surface area contributed by atoms with E-state index in [1.807, 2.05) is 31.2 Å². The molecule has 0 spiro atoms. The second-order valence-corrected chi connectivity index (χ2v) is 5.42. The van der Waals surface area contributed by atoms with Gasteiger partial charge in [0, 0.05) is 18.8 Å². The van der Waals surface area contributed by atoms with E-state index in [9.17, 15) is 9.59 Å². The minimum absolute atomic E-state index is 0.119. The highest BCUT2D eigenvalue weighted by atomic mass is 16.3. The largest absolute Gasteiger partial charge is 0.396 e. The summed E-state index contributed by atoms with van der Waals surface area (Å²) in [5.41, 5.74) is 1.88. The number of carbonyl (C=O) groups is 2. The van der Waals surface area contributed by atoms with Gasteiger partial charge >= 0.3 is 6.03 Å². The van der Waals surface area contributed by atoms with Gasteiger partial charge in [-0.1, -0.05) is 25.5 Å². The van der Waals surface area contributed by atoms with Crippen LogP contribution in [0.3, 0.4) is 0 Å². The Morgan fingerprint density at radius 3 is 2.64 bits per heavy atom. The lowest BCUT2D eigenvalue weighted by molar-refractivity contribution is -0.130. The van der Waals surface area contributed by atoms with Gasteiger partial charge in [-0.05, 0) is 30.5 Å². The van der Waals surface area contributed by atoms with Crippen LogP contribution in [0.15, 0.2) is 24.3 Å². The molecule has 1 atom stereocenters. The van der Waals surface area contributed by atoms with Crippen molar-refractivity contribution in [2.24, 2.45) is 0 Å². The summed E-state index contributed by atoms with van der Waals surface area (Å²) in [6, 6.07) is 7.26. The third kappa shape index (κ3) is 4.21. The number of hydrogen-bond donors (Lipinski definition) is 3. The van der Waals surface area contributed by atoms with Gasteiger partial charge in [0.1, 0.15) is 6.17 Å². The monoisotopic (exact) mass is 305 g/mol. The normalized spacial score (nSPS) is 18.3. The third-order valence-electron chi connectivity index (χ3n) is 3.65. The number of anilines is 1. The van der Waals surface area contributed by atoms with E-state index in [1.54, 1.807) is 0 Å². The first-order chi connectivity index (χ1) is 10.6. The zero-order valence-electron chi connectivity index (χ0n) is 12.8. The van der Waals surface area contributed by atoms with Crippen LogP contribution in [-0.2, 0) is 11.2 Å². The maximum Gasteiger partial charge on any atom is 0.325 e. The summed E-state index contributed by atoms with van der Waals surface area (Å²) in [5.74, 6) is -0.147. The molecule has 6 heteroatoms. The van der Waals surface area contributed by atoms with Gasteiger partial charge in [-0.3, -0.25) is 9.69 Å². The molecule has 3 amide bonds. The number of nitrogens with one attached hydrogen (secondary N) is 2. The average Bonchev–Trinajstić information content (AvgIpc) is 2.49. The summed E-state index contributed by atoms with van der Waals surface area (Å²) < 4.78 is 0. The minimum Gasteiger partial charge on any atom is -0.396 e. The fourth-order valence-corrected chi connectivity index (χ4v) is 2.40. The lowest BCUT2D eigenvalue weighted by Gasteiger charge is -2.32. The third-order valence-corrected chi connectivity index (χ3v) is 3.65. The van der Waals surface area contributed by atoms with Crippen molar-refractivity contribution < 1.29 is 14.7 Å². The fourth-order valence-electron chi connectivity index (χ4n) is 2.40. The van der Waals surface area contributed by atoms with Crippen molar-refractivity contribution in [3.8, 4) is 0 Å². The highest BCUT2D eigenvalue weighted by molar-refractivity contribution is 5.97. The molecule has 2 rings (SSSR count). The Morgan fingerprint density at radius 2 is 2.05 bits per heavy atom. The Morgan fingerprint density at radius 1 is 1.32 bits per heavy atom.